The molecule has 1 saturated heterocycles. The molecule has 0 radical (unpaired) electrons. The third kappa shape index (κ3) is 503. The van der Waals surface area contributed by atoms with Crippen LogP contribution >= 0.6 is 0 Å². The molecule has 0 aliphatic carbocycles. The van der Waals surface area contributed by atoms with Crippen molar-refractivity contribution in [3.8, 4) is 0 Å². The number of likely N-dealkylation sites (tertiary alicyclic amines) is 1. The quantitative estimate of drug-likeness (QED) is 0.128. The zero-order chi connectivity index (χ0) is 77.8. The van der Waals surface area contributed by atoms with Crippen LogP contribution in [-0.2, 0) is 70.4 Å². The molecular formula is C67H166N12O13. The highest BCUT2D eigenvalue weighted by molar-refractivity contribution is 5.73. The fraction of sp³-hybridized carbons (Fsp3) is 0.642. The van der Waals surface area contributed by atoms with Crippen molar-refractivity contribution in [2.75, 3.05) is 61.9 Å². The van der Waals surface area contributed by atoms with Crippen molar-refractivity contribution in [1.29, 1.82) is 0 Å². The number of nitrogens with zero attached hydrogens (tertiary/aromatic N) is 1. The molecule has 572 valence electrons. The predicted molar refractivity (Wildman–Crippen MR) is 411 cm³/mol. The predicted octanol–water partition coefficient (Wildman–Crippen LogP) is 11.2. The molecule has 1 aliphatic heterocycles. The van der Waals surface area contributed by atoms with Gasteiger partial charge in [-0.2, -0.15) is 0 Å². The summed E-state index contributed by atoms with van der Waals surface area (Å²) in [5, 5.41) is 8.06. The summed E-state index contributed by atoms with van der Waals surface area (Å²) in [6.45, 7) is 66.6. The summed E-state index contributed by atoms with van der Waals surface area (Å²) in [5.41, 5.74) is 34.7. The van der Waals surface area contributed by atoms with Gasteiger partial charge in [0.2, 0.25) is 5.91 Å². The summed E-state index contributed by atoms with van der Waals surface area (Å²) < 4.78 is 0. The minimum absolute atomic E-state index is 0. The molecule has 1 aliphatic rings. The number of aryl methyl sites for hydroxylation is 2. The summed E-state index contributed by atoms with van der Waals surface area (Å²) in [6.07, 6.45) is 11.0. The van der Waals surface area contributed by atoms with Crippen LogP contribution in [0.1, 0.15) is 195 Å². The Morgan fingerprint density at radius 3 is 0.554 bits per heavy atom. The standard InChI is InChI=1S/2C8H10.C7H13NO.4C5H12.C3H8O.C2H7N.C2H6.6CH5N.11CH2O.4H3N/c2*1-2-8-6-4-3-5-7-8;1-7(9)8-5-3-2-4-6-8;4*1-4-5(2)3;1-3(2)4;1-2-3;18*1-2;;;;/h2*3-7H,2H2,1H3;2-6H2,1H3;4*5H,4H2,1-3H3;3-4H,1-2H3;2-3H2,1H3;1-2H3;6*2H2,1H3;11*1H2;4*1H3. The van der Waals surface area contributed by atoms with Gasteiger partial charge >= 0.3 is 0 Å². The van der Waals surface area contributed by atoms with Crippen LogP contribution in [0.5, 0.6) is 0 Å². The Kier molecular flexibility index (Phi) is 653. The van der Waals surface area contributed by atoms with Gasteiger partial charge in [-0.25, -0.2) is 0 Å². The van der Waals surface area contributed by atoms with Crippen LogP contribution < -0.4 is 64.7 Å². The molecule has 1 heterocycles. The van der Waals surface area contributed by atoms with E-state index in [1.165, 1.54) is 98.4 Å². The first-order valence-electron chi connectivity index (χ1n) is 28.8. The van der Waals surface area contributed by atoms with E-state index in [1.807, 2.05) is 112 Å². The number of carbonyl (C=O) groups is 12. The average molecular weight is 1350 g/mol. The molecule has 25 heteroatoms. The van der Waals surface area contributed by atoms with E-state index in [1.54, 1.807) is 20.8 Å². The van der Waals surface area contributed by atoms with E-state index in [0.717, 1.165) is 56.1 Å². The van der Waals surface area contributed by atoms with Gasteiger partial charge in [-0.15, -0.1) is 0 Å². The fourth-order valence-corrected chi connectivity index (χ4v) is 2.64. The number of piperidine rings is 1. The largest absolute Gasteiger partial charge is 0.394 e. The highest BCUT2D eigenvalue weighted by atomic mass is 16.3. The molecular weight excluding hydrogens is 1180 g/mol. The molecule has 0 unspecified atom stereocenters. The minimum Gasteiger partial charge on any atom is -0.394 e. The number of hydrogen-bond acceptors (Lipinski definition) is 24. The maximum atomic E-state index is 10.7. The first kappa shape index (κ1) is 185. The lowest BCUT2D eigenvalue weighted by Gasteiger charge is -2.24. The lowest BCUT2D eigenvalue weighted by atomic mass is 10.1. The Hall–Kier alpha value is -6.20. The van der Waals surface area contributed by atoms with Gasteiger partial charge in [0.15, 0.2) is 0 Å². The molecule has 2 aromatic carbocycles. The second-order valence-electron chi connectivity index (χ2n) is 15.0. The van der Waals surface area contributed by atoms with Crippen molar-refractivity contribution in [3.05, 3.63) is 71.8 Å². The Morgan fingerprint density at radius 1 is 0.370 bits per heavy atom. The number of aliphatic hydroxyl groups excluding tert-OH is 1. The van der Waals surface area contributed by atoms with E-state index in [9.17, 15) is 4.79 Å². The summed E-state index contributed by atoms with van der Waals surface area (Å²) >= 11 is 0. The van der Waals surface area contributed by atoms with Gasteiger partial charge < -0.3 is 127 Å². The second kappa shape index (κ2) is 325. The monoisotopic (exact) mass is 1350 g/mol. The summed E-state index contributed by atoms with van der Waals surface area (Å²) in [4.78, 5) is 101. The van der Waals surface area contributed by atoms with Crippen LogP contribution in [0, 0.1) is 23.7 Å². The molecule has 92 heavy (non-hydrogen) atoms. The smallest absolute Gasteiger partial charge is 0.219 e. The third-order valence-corrected chi connectivity index (χ3v) is 7.57. The molecule has 1 amide bonds. The maximum Gasteiger partial charge on any atom is 0.219 e. The van der Waals surface area contributed by atoms with Gasteiger partial charge in [-0.05, 0) is 130 Å². The van der Waals surface area contributed by atoms with E-state index in [2.05, 4.69) is 180 Å². The first-order valence-corrected chi connectivity index (χ1v) is 28.8. The fourth-order valence-electron chi connectivity index (χ4n) is 2.64. The van der Waals surface area contributed by atoms with Crippen LogP contribution in [0.4, 0.5) is 0 Å². The van der Waals surface area contributed by atoms with Crippen LogP contribution in [0.25, 0.3) is 0 Å². The highest BCUT2D eigenvalue weighted by Crippen LogP contribution is 2.07. The number of aliphatic hydroxyl groups is 1. The molecule has 0 saturated carbocycles. The molecule has 0 atom stereocenters. The van der Waals surface area contributed by atoms with E-state index < -0.39 is 0 Å². The van der Waals surface area contributed by atoms with Crippen molar-refractivity contribution < 1.29 is 62.6 Å². The highest BCUT2D eigenvalue weighted by Gasteiger charge is 2.11. The van der Waals surface area contributed by atoms with Crippen LogP contribution in [0.2, 0.25) is 0 Å². The zero-order valence-corrected chi connectivity index (χ0v) is 65.1. The first-order chi connectivity index (χ1) is 42.4. The number of hydrogen-bond donors (Lipinski definition) is 12. The van der Waals surface area contributed by atoms with E-state index >= 15 is 0 Å². The molecule has 2 aromatic rings. The molecule has 3 rings (SSSR count). The molecule has 27 N–H and O–H groups in total. The van der Waals surface area contributed by atoms with Crippen LogP contribution in [0.15, 0.2) is 60.7 Å². The van der Waals surface area contributed by atoms with Gasteiger partial charge in [-0.1, -0.05) is 204 Å². The van der Waals surface area contributed by atoms with Crippen molar-refractivity contribution >= 4 is 80.6 Å². The topological polar surface area (TPSA) is 550 Å². The van der Waals surface area contributed by atoms with Crippen molar-refractivity contribution in [2.45, 2.75) is 202 Å². The molecule has 0 bridgehead atoms. The van der Waals surface area contributed by atoms with Gasteiger partial charge in [-0.3, -0.25) is 4.79 Å². The number of nitrogens with two attached hydrogens (primary N) is 7. The second-order valence-corrected chi connectivity index (χ2v) is 15.0. The van der Waals surface area contributed by atoms with Gasteiger partial charge in [0.05, 0.1) is 0 Å². The van der Waals surface area contributed by atoms with E-state index in [4.69, 9.17) is 63.6 Å². The average Bonchev–Trinajstić information content (AvgIpc) is 3.64. The number of carbonyl (C=O) groups excluding carboxylic acids is 12. The SMILES string of the molecule is C=O.C=O.C=O.C=O.C=O.C=O.C=O.C=O.C=O.C=O.C=O.CC.CC(=O)N1CCCCC1.CC(C)O.CCC(C)C.CCC(C)C.CCC(C)C.CCC(C)C.CCN.CCc1ccccc1.CCc1ccccc1.CN.CN.CN.CN.CN.CN.N.N.N.N. The zero-order valence-electron chi connectivity index (χ0n) is 65.1. The Balaban J connectivity index is -0.0000000182. The number of rotatable bonds is 6. The normalized spacial score (nSPS) is 7.14. The van der Waals surface area contributed by atoms with Crippen molar-refractivity contribution in [3.63, 3.8) is 0 Å². The Labute approximate surface area is 570 Å². The molecule has 0 spiro atoms. The third-order valence-electron chi connectivity index (χ3n) is 7.57. The van der Waals surface area contributed by atoms with Gasteiger partial charge in [0.1, 0.15) is 74.7 Å². The number of benzene rings is 2. The Morgan fingerprint density at radius 2 is 0.489 bits per heavy atom. The van der Waals surface area contributed by atoms with E-state index in [0.29, 0.717) is 0 Å². The van der Waals surface area contributed by atoms with Crippen molar-refractivity contribution in [2.24, 2.45) is 63.8 Å². The molecule has 1 fully saturated rings. The maximum absolute atomic E-state index is 10.7. The Bertz CT molecular complexity index is 995. The molecule has 25 nitrogen and oxygen atoms in total. The lowest BCUT2D eigenvalue weighted by Crippen LogP contribution is -2.33. The lowest BCUT2D eigenvalue weighted by molar-refractivity contribution is -0.129. The summed E-state index contributed by atoms with van der Waals surface area (Å²) in [6, 6.07) is 20.9. The van der Waals surface area contributed by atoms with Gasteiger partial charge in [0, 0.05) is 26.1 Å². The number of amides is 1. The van der Waals surface area contributed by atoms with Crippen LogP contribution in [0.3, 0.4) is 0 Å². The van der Waals surface area contributed by atoms with Crippen molar-refractivity contribution in [1.82, 2.24) is 29.5 Å². The summed E-state index contributed by atoms with van der Waals surface area (Å²) in [7, 11) is 9.00. The van der Waals surface area contributed by atoms with Crippen LogP contribution in [-0.4, -0.2) is 159 Å². The van der Waals surface area contributed by atoms with E-state index in [-0.39, 0.29) is 36.6 Å². The minimum atomic E-state index is -0.167. The summed E-state index contributed by atoms with van der Waals surface area (Å²) in [5.74, 6) is 3.77. The molecule has 0 aromatic heterocycles. The van der Waals surface area contributed by atoms with Gasteiger partial charge in [0.25, 0.3) is 0 Å².